The van der Waals surface area contributed by atoms with Crippen LogP contribution in [0.4, 0.5) is 5.82 Å². The first-order valence-electron chi connectivity index (χ1n) is 12.5. The van der Waals surface area contributed by atoms with Gasteiger partial charge >= 0.3 is 5.84 Å². The zero-order chi connectivity index (χ0) is 27.2. The number of thioether (sulfide) groups is 1. The number of rotatable bonds is 6. The summed E-state index contributed by atoms with van der Waals surface area (Å²) in [5.74, 6) is 0.841. The van der Waals surface area contributed by atoms with E-state index in [1.807, 2.05) is 20.8 Å². The Bertz CT molecular complexity index is 1390. The molecule has 11 nitrogen and oxygen atoms in total. The third kappa shape index (κ3) is 5.10. The molecule has 3 aromatic rings. The molecule has 1 aliphatic heterocycles. The van der Waals surface area contributed by atoms with Gasteiger partial charge in [-0.1, -0.05) is 42.1 Å². The van der Waals surface area contributed by atoms with Gasteiger partial charge in [0, 0.05) is 29.1 Å². The Morgan fingerprint density at radius 1 is 1.37 bits per heavy atom. The molecule has 12 heteroatoms. The zero-order valence-electron chi connectivity index (χ0n) is 21.8. The predicted octanol–water partition coefficient (Wildman–Crippen LogP) is 2.48. The van der Waals surface area contributed by atoms with Gasteiger partial charge in [-0.3, -0.25) is 9.78 Å². The van der Waals surface area contributed by atoms with E-state index in [0.717, 1.165) is 24.8 Å². The third-order valence-electron chi connectivity index (χ3n) is 6.79. The number of nitrogen functional groups attached to an aromatic ring is 1. The Kier molecular flexibility index (Phi) is 6.64. The highest BCUT2D eigenvalue weighted by molar-refractivity contribution is 8.08. The number of pyridine rings is 1. The Morgan fingerprint density at radius 2 is 2.16 bits per heavy atom. The van der Waals surface area contributed by atoms with Gasteiger partial charge in [-0.25, -0.2) is 0 Å². The fourth-order valence-corrected chi connectivity index (χ4v) is 5.86. The number of carbonyl (C=O) groups is 1. The van der Waals surface area contributed by atoms with Gasteiger partial charge in [0.2, 0.25) is 5.82 Å². The van der Waals surface area contributed by atoms with Crippen LogP contribution in [0.25, 0.3) is 0 Å². The molecule has 1 aliphatic carbocycles. The molecular formula is C26H32N7O4S+. The molecule has 1 saturated heterocycles. The van der Waals surface area contributed by atoms with Crippen molar-refractivity contribution in [2.45, 2.75) is 75.2 Å². The number of carbonyl (C=O) groups excluding carboxylic acids is 1. The highest BCUT2D eigenvalue weighted by Gasteiger charge is 2.61. The van der Waals surface area contributed by atoms with E-state index in [-0.39, 0.29) is 40.9 Å². The molecule has 0 aromatic carbocycles. The molecule has 0 bridgehead atoms. The number of amides is 1. The van der Waals surface area contributed by atoms with Crippen LogP contribution in [-0.2, 0) is 12.0 Å². The Balaban J connectivity index is 1.30. The van der Waals surface area contributed by atoms with Crippen LogP contribution in [0.15, 0.2) is 35.0 Å². The molecule has 0 spiro atoms. The molecule has 5 rings (SSSR count). The summed E-state index contributed by atoms with van der Waals surface area (Å²) in [5, 5.41) is 30.7. The number of aromatic nitrogens is 4. The van der Waals surface area contributed by atoms with Crippen molar-refractivity contribution in [1.29, 1.82) is 5.41 Å². The normalized spacial score (nSPS) is 22.4. The summed E-state index contributed by atoms with van der Waals surface area (Å²) in [4.78, 5) is 16.3. The van der Waals surface area contributed by atoms with Crippen molar-refractivity contribution in [2.75, 3.05) is 5.73 Å². The molecule has 1 unspecified atom stereocenters. The van der Waals surface area contributed by atoms with Crippen LogP contribution in [0.3, 0.4) is 0 Å². The lowest BCUT2D eigenvalue weighted by Crippen LogP contribution is -2.49. The Morgan fingerprint density at radius 3 is 2.82 bits per heavy atom. The molecule has 5 N–H and O–H groups in total. The topological polar surface area (TPSA) is 164 Å². The smallest absolute Gasteiger partial charge is 0.308 e. The lowest BCUT2D eigenvalue weighted by molar-refractivity contribution is -0.608. The van der Waals surface area contributed by atoms with Crippen LogP contribution in [0.5, 0.6) is 5.88 Å². The van der Waals surface area contributed by atoms with E-state index in [9.17, 15) is 9.90 Å². The molecule has 1 amide bonds. The van der Waals surface area contributed by atoms with Gasteiger partial charge in [-0.05, 0) is 37.3 Å². The SMILES string of the molecule is Cc1cc(C(=N)[n+]2nc(OCc3ccc(C(=O)N[C@H]4CCCC5S[C@]54O)cn3)c(C(C)(C)C)cc2N)no1. The summed E-state index contributed by atoms with van der Waals surface area (Å²) in [6, 6.07) is 6.54. The first-order chi connectivity index (χ1) is 18.0. The quantitative estimate of drug-likeness (QED) is 0.160. The van der Waals surface area contributed by atoms with Crippen LogP contribution in [0.1, 0.15) is 73.1 Å². The van der Waals surface area contributed by atoms with Gasteiger partial charge in [0.15, 0.2) is 5.69 Å². The summed E-state index contributed by atoms with van der Waals surface area (Å²) >= 11 is 1.53. The molecule has 2 fully saturated rings. The van der Waals surface area contributed by atoms with Crippen molar-refractivity contribution < 1.29 is 23.8 Å². The standard InChI is InChI=1S/C26H31N7O4S/c1-14-10-18(32-37-14)22(28)33-21(27)11-17(25(2,3)4)24(31-33)36-13-16-9-8-15(12-29-16)23(34)30-19-6-5-7-20-26(19,35)38-20/h8-12,19-20,27-28,35H,5-7,13H2,1-4H3,(H,30,34)/p+1/t19-,20?,26-/m0/s1. The summed E-state index contributed by atoms with van der Waals surface area (Å²) in [6.45, 7) is 7.89. The highest BCUT2D eigenvalue weighted by atomic mass is 32.2. The van der Waals surface area contributed by atoms with Crippen molar-refractivity contribution in [3.63, 3.8) is 0 Å². The van der Waals surface area contributed by atoms with Gasteiger partial charge in [0.05, 0.1) is 17.3 Å². The zero-order valence-corrected chi connectivity index (χ0v) is 22.6. The minimum atomic E-state index is -0.828. The molecule has 4 heterocycles. The second kappa shape index (κ2) is 9.66. The lowest BCUT2D eigenvalue weighted by atomic mass is 9.88. The van der Waals surface area contributed by atoms with Crippen LogP contribution in [0, 0.1) is 12.3 Å². The molecule has 1 saturated carbocycles. The van der Waals surface area contributed by atoms with Gasteiger partial charge in [0.25, 0.3) is 11.8 Å². The fraction of sp³-hybridized carbons (Fsp3) is 0.462. The predicted molar refractivity (Wildman–Crippen MR) is 141 cm³/mol. The molecule has 200 valence electrons. The van der Waals surface area contributed by atoms with E-state index in [1.54, 1.807) is 31.2 Å². The van der Waals surface area contributed by atoms with Gasteiger partial charge in [-0.2, -0.15) is 5.41 Å². The van der Waals surface area contributed by atoms with E-state index in [1.165, 1.54) is 22.6 Å². The summed E-state index contributed by atoms with van der Waals surface area (Å²) in [5.41, 5.74) is 8.00. The number of aryl methyl sites for hydroxylation is 1. The van der Waals surface area contributed by atoms with Crippen LogP contribution < -0.4 is 20.5 Å². The summed E-state index contributed by atoms with van der Waals surface area (Å²) in [7, 11) is 0. The number of nitrogens with two attached hydrogens (primary N) is 1. The Hall–Kier alpha value is -3.51. The highest BCUT2D eigenvalue weighted by Crippen LogP contribution is 2.59. The number of ether oxygens (including phenoxy) is 1. The Labute approximate surface area is 224 Å². The number of hydrogen-bond acceptors (Lipinski definition) is 10. The largest absolute Gasteiger partial charge is 0.469 e. The molecule has 3 atom stereocenters. The minimum Gasteiger partial charge on any atom is -0.469 e. The van der Waals surface area contributed by atoms with E-state index in [0.29, 0.717) is 28.6 Å². The number of fused-ring (bicyclic) bond motifs is 1. The first-order valence-corrected chi connectivity index (χ1v) is 13.4. The van der Waals surface area contributed by atoms with Crippen molar-refractivity contribution in [1.82, 2.24) is 20.6 Å². The summed E-state index contributed by atoms with van der Waals surface area (Å²) in [6.07, 6.45) is 4.25. The lowest BCUT2D eigenvalue weighted by Gasteiger charge is -2.27. The van der Waals surface area contributed by atoms with Crippen LogP contribution in [-0.4, -0.2) is 48.3 Å². The average molecular weight is 539 g/mol. The first kappa shape index (κ1) is 26.1. The fourth-order valence-electron chi connectivity index (χ4n) is 4.57. The number of aliphatic hydroxyl groups is 1. The second-order valence-corrected chi connectivity index (χ2v) is 12.2. The van der Waals surface area contributed by atoms with Crippen molar-refractivity contribution in [2.24, 2.45) is 0 Å². The number of nitrogens with one attached hydrogen (secondary N) is 2. The summed E-state index contributed by atoms with van der Waals surface area (Å²) < 4.78 is 12.4. The number of anilines is 1. The van der Waals surface area contributed by atoms with Gasteiger partial charge in [0.1, 0.15) is 17.3 Å². The minimum absolute atomic E-state index is 0.0447. The third-order valence-corrected chi connectivity index (χ3v) is 8.36. The van der Waals surface area contributed by atoms with E-state index in [4.69, 9.17) is 20.4 Å². The number of nitrogens with zero attached hydrogens (tertiary/aromatic N) is 4. The van der Waals surface area contributed by atoms with E-state index >= 15 is 0 Å². The maximum absolute atomic E-state index is 12.8. The van der Waals surface area contributed by atoms with Crippen molar-refractivity contribution in [3.8, 4) is 5.88 Å². The average Bonchev–Trinajstić information content (AvgIpc) is 3.38. The molecular weight excluding hydrogens is 506 g/mol. The van der Waals surface area contributed by atoms with Crippen LogP contribution in [0.2, 0.25) is 0 Å². The molecule has 3 aromatic heterocycles. The van der Waals surface area contributed by atoms with Crippen LogP contribution >= 0.6 is 11.8 Å². The van der Waals surface area contributed by atoms with Gasteiger partial charge in [-0.15, -0.1) is 11.8 Å². The second-order valence-electron chi connectivity index (χ2n) is 10.8. The van der Waals surface area contributed by atoms with Crippen molar-refractivity contribution >= 4 is 29.3 Å². The maximum atomic E-state index is 12.8. The molecule has 38 heavy (non-hydrogen) atoms. The number of hydrogen-bond donors (Lipinski definition) is 4. The van der Waals surface area contributed by atoms with Crippen molar-refractivity contribution in [3.05, 3.63) is 58.7 Å². The van der Waals surface area contributed by atoms with Gasteiger partial charge < -0.3 is 25.4 Å². The maximum Gasteiger partial charge on any atom is 0.308 e. The molecule has 2 aliphatic rings. The van der Waals surface area contributed by atoms with E-state index in [2.05, 4.69) is 20.6 Å². The monoisotopic (exact) mass is 538 g/mol. The van der Waals surface area contributed by atoms with E-state index < -0.39 is 4.93 Å². The molecule has 0 radical (unpaired) electrons.